The van der Waals surface area contributed by atoms with E-state index in [0.717, 1.165) is 60.9 Å². The molecule has 222 valence electrons. The molecule has 0 spiro atoms. The van der Waals surface area contributed by atoms with Crippen molar-refractivity contribution in [2.75, 3.05) is 25.4 Å². The van der Waals surface area contributed by atoms with Gasteiger partial charge in [-0.05, 0) is 92.9 Å². The molecule has 5 N–H and O–H groups in total. The van der Waals surface area contributed by atoms with Crippen LogP contribution in [0.5, 0.6) is 0 Å². The van der Waals surface area contributed by atoms with Gasteiger partial charge in [0.15, 0.2) is 17.4 Å². The van der Waals surface area contributed by atoms with Gasteiger partial charge in [-0.25, -0.2) is 13.8 Å². The number of nitrogen functional groups attached to an aromatic ring is 1. The number of aryl methyl sites for hydroxylation is 1. The van der Waals surface area contributed by atoms with Gasteiger partial charge in [-0.15, -0.1) is 0 Å². The van der Waals surface area contributed by atoms with Crippen LogP contribution in [0.2, 0.25) is 0 Å². The van der Waals surface area contributed by atoms with E-state index < -0.39 is 29.6 Å². The third-order valence-corrected chi connectivity index (χ3v) is 7.67. The van der Waals surface area contributed by atoms with Gasteiger partial charge in [-0.2, -0.15) is 0 Å². The first-order valence-electron chi connectivity index (χ1n) is 14.2. The molecule has 1 aliphatic heterocycles. The fourth-order valence-corrected chi connectivity index (χ4v) is 5.29. The molecule has 0 radical (unpaired) electrons. The summed E-state index contributed by atoms with van der Waals surface area (Å²) in [6.07, 6.45) is 8.35. The Bertz CT molecular complexity index is 1310. The predicted octanol–water partition coefficient (Wildman–Crippen LogP) is 4.94. The minimum absolute atomic E-state index is 0. The average Bonchev–Trinajstić information content (AvgIpc) is 2.96. The number of unbranched alkanes of at least 4 members (excludes halogenated alkanes) is 1. The van der Waals surface area contributed by atoms with E-state index in [1.165, 1.54) is 25.3 Å². The summed E-state index contributed by atoms with van der Waals surface area (Å²) in [4.78, 5) is 32.8. The molecule has 0 unspecified atom stereocenters. The van der Waals surface area contributed by atoms with Crippen LogP contribution in [0.1, 0.15) is 63.5 Å². The van der Waals surface area contributed by atoms with E-state index in [1.807, 2.05) is 24.3 Å². The molecule has 1 saturated heterocycles. The largest absolute Gasteiger partial charge is 0.383 e. The second kappa shape index (κ2) is 15.5. The van der Waals surface area contributed by atoms with Gasteiger partial charge in [0, 0.05) is 18.0 Å². The van der Waals surface area contributed by atoms with Gasteiger partial charge < -0.3 is 21.7 Å². The van der Waals surface area contributed by atoms with Crippen molar-refractivity contribution in [2.45, 2.75) is 77.3 Å². The zero-order valence-electron chi connectivity index (χ0n) is 22.9. The summed E-state index contributed by atoms with van der Waals surface area (Å²) in [6.45, 7) is 3.26. The van der Waals surface area contributed by atoms with Gasteiger partial charge >= 0.3 is 0 Å². The number of fused-ring (bicyclic) bond motifs is 1. The SMILES string of the molecule is C.Nc1nccc2cc(CCC(=O)[C@H](Cc3ccc(F)c(F)c3)NC(=O)[C@H](N)CCCCN3CCCCC3)ccc12. The summed E-state index contributed by atoms with van der Waals surface area (Å²) in [5, 5.41) is 4.56. The van der Waals surface area contributed by atoms with Crippen LogP contribution in [0, 0.1) is 11.6 Å². The first-order valence-corrected chi connectivity index (χ1v) is 14.2. The van der Waals surface area contributed by atoms with Crippen molar-refractivity contribution in [3.05, 3.63) is 71.4 Å². The molecule has 2 heterocycles. The van der Waals surface area contributed by atoms with Crippen molar-refractivity contribution < 1.29 is 18.4 Å². The van der Waals surface area contributed by atoms with E-state index in [-0.39, 0.29) is 26.1 Å². The van der Waals surface area contributed by atoms with Gasteiger partial charge in [0.2, 0.25) is 5.91 Å². The number of hydrogen-bond donors (Lipinski definition) is 3. The Hall–Kier alpha value is -3.43. The highest BCUT2D eigenvalue weighted by atomic mass is 19.2. The van der Waals surface area contributed by atoms with Crippen LogP contribution in [0.15, 0.2) is 48.7 Å². The Morgan fingerprint density at radius 3 is 2.49 bits per heavy atom. The van der Waals surface area contributed by atoms with E-state index in [4.69, 9.17) is 11.5 Å². The Morgan fingerprint density at radius 1 is 0.976 bits per heavy atom. The molecule has 1 amide bonds. The number of likely N-dealkylation sites (tertiary alicyclic amines) is 1. The van der Waals surface area contributed by atoms with E-state index in [0.29, 0.717) is 24.2 Å². The Morgan fingerprint density at radius 2 is 1.73 bits per heavy atom. The number of ketones is 1. The molecular formula is C32H43F2N5O2. The molecule has 7 nitrogen and oxygen atoms in total. The van der Waals surface area contributed by atoms with Crippen LogP contribution in [-0.4, -0.2) is 53.3 Å². The molecular weight excluding hydrogens is 524 g/mol. The zero-order chi connectivity index (χ0) is 28.5. The van der Waals surface area contributed by atoms with E-state index >= 15 is 0 Å². The minimum Gasteiger partial charge on any atom is -0.383 e. The van der Waals surface area contributed by atoms with Crippen LogP contribution in [0.25, 0.3) is 10.8 Å². The molecule has 0 saturated carbocycles. The molecule has 2 aromatic carbocycles. The second-order valence-corrected chi connectivity index (χ2v) is 10.7. The highest BCUT2D eigenvalue weighted by molar-refractivity contribution is 5.92. The summed E-state index contributed by atoms with van der Waals surface area (Å²) < 4.78 is 27.3. The number of Topliss-reactive ketones (excluding diaryl/α,β-unsaturated/α-hetero) is 1. The molecule has 9 heteroatoms. The van der Waals surface area contributed by atoms with E-state index in [9.17, 15) is 18.4 Å². The number of aromatic nitrogens is 1. The Balaban J connectivity index is 0.00000462. The number of halogens is 2. The third-order valence-electron chi connectivity index (χ3n) is 7.67. The molecule has 41 heavy (non-hydrogen) atoms. The number of hydrogen-bond acceptors (Lipinski definition) is 6. The van der Waals surface area contributed by atoms with Crippen molar-refractivity contribution in [2.24, 2.45) is 5.73 Å². The summed E-state index contributed by atoms with van der Waals surface area (Å²) >= 11 is 0. The van der Waals surface area contributed by atoms with Crippen molar-refractivity contribution in [3.8, 4) is 0 Å². The van der Waals surface area contributed by atoms with Crippen molar-refractivity contribution in [1.82, 2.24) is 15.2 Å². The molecule has 3 aromatic rings. The van der Waals surface area contributed by atoms with Gasteiger partial charge in [0.25, 0.3) is 0 Å². The summed E-state index contributed by atoms with van der Waals surface area (Å²) in [6, 6.07) is 9.45. The number of piperidine rings is 1. The van der Waals surface area contributed by atoms with Crippen LogP contribution in [0.3, 0.4) is 0 Å². The second-order valence-electron chi connectivity index (χ2n) is 10.7. The van der Waals surface area contributed by atoms with Crippen molar-refractivity contribution in [1.29, 1.82) is 0 Å². The molecule has 1 aliphatic rings. The lowest BCUT2D eigenvalue weighted by Gasteiger charge is -2.26. The first-order chi connectivity index (χ1) is 19.3. The summed E-state index contributed by atoms with van der Waals surface area (Å²) in [5.41, 5.74) is 13.5. The number of nitrogens with two attached hydrogens (primary N) is 2. The van der Waals surface area contributed by atoms with Crippen LogP contribution in [0.4, 0.5) is 14.6 Å². The number of amides is 1. The monoisotopic (exact) mass is 567 g/mol. The number of benzene rings is 2. The van der Waals surface area contributed by atoms with Gasteiger partial charge in [0.1, 0.15) is 5.82 Å². The highest BCUT2D eigenvalue weighted by Gasteiger charge is 2.24. The van der Waals surface area contributed by atoms with Gasteiger partial charge in [-0.3, -0.25) is 9.59 Å². The first kappa shape index (κ1) is 32.1. The van der Waals surface area contributed by atoms with Crippen LogP contribution < -0.4 is 16.8 Å². The lowest BCUT2D eigenvalue weighted by atomic mass is 9.96. The number of rotatable bonds is 13. The van der Waals surface area contributed by atoms with E-state index in [1.54, 1.807) is 6.20 Å². The summed E-state index contributed by atoms with van der Waals surface area (Å²) in [7, 11) is 0. The normalized spacial score (nSPS) is 15.2. The minimum atomic E-state index is -0.995. The fourth-order valence-electron chi connectivity index (χ4n) is 5.29. The summed E-state index contributed by atoms with van der Waals surface area (Å²) in [5.74, 6) is -2.13. The van der Waals surface area contributed by atoms with Crippen LogP contribution >= 0.6 is 0 Å². The molecule has 4 rings (SSSR count). The zero-order valence-corrected chi connectivity index (χ0v) is 22.9. The quantitative estimate of drug-likeness (QED) is 0.252. The average molecular weight is 568 g/mol. The lowest BCUT2D eigenvalue weighted by Crippen LogP contribution is -2.49. The maximum Gasteiger partial charge on any atom is 0.237 e. The number of pyridine rings is 1. The Labute approximate surface area is 241 Å². The maximum atomic E-state index is 13.9. The highest BCUT2D eigenvalue weighted by Crippen LogP contribution is 2.21. The third kappa shape index (κ3) is 9.30. The van der Waals surface area contributed by atoms with Crippen molar-refractivity contribution >= 4 is 28.3 Å². The Kier molecular flexibility index (Phi) is 12.2. The molecule has 2 atom stereocenters. The molecule has 0 bridgehead atoms. The maximum absolute atomic E-state index is 13.9. The topological polar surface area (TPSA) is 114 Å². The van der Waals surface area contributed by atoms with Crippen LogP contribution in [-0.2, 0) is 22.4 Å². The van der Waals surface area contributed by atoms with Gasteiger partial charge in [0.05, 0.1) is 12.1 Å². The lowest BCUT2D eigenvalue weighted by molar-refractivity contribution is -0.128. The standard InChI is InChI=1S/C31H39F2N5O2.CH4/c32-25-11-8-22(19-26(25)33)20-28(37-31(40)27(34)6-2-5-17-38-15-3-1-4-16-38)29(39)12-9-21-7-10-24-23(18-21)13-14-36-30(24)35;/h7-8,10-11,13-14,18-19,27-28H,1-6,9,12,15-17,20,34H2,(H2,35,36)(H,37,40);1H4/t27-,28+;/m1./s1. The fraction of sp³-hybridized carbons (Fsp3) is 0.469. The number of carbonyl (C=O) groups is 2. The van der Waals surface area contributed by atoms with Crippen molar-refractivity contribution in [3.63, 3.8) is 0 Å². The number of anilines is 1. The van der Waals surface area contributed by atoms with E-state index in [2.05, 4.69) is 15.2 Å². The molecule has 0 aliphatic carbocycles. The van der Waals surface area contributed by atoms with Gasteiger partial charge in [-0.1, -0.05) is 44.5 Å². The number of nitrogens with zero attached hydrogens (tertiary/aromatic N) is 2. The molecule has 1 fully saturated rings. The smallest absolute Gasteiger partial charge is 0.237 e. The predicted molar refractivity (Wildman–Crippen MR) is 160 cm³/mol. The molecule has 1 aromatic heterocycles. The number of carbonyl (C=O) groups excluding carboxylic acids is 2. The number of nitrogens with one attached hydrogen (secondary N) is 1.